The van der Waals surface area contributed by atoms with E-state index in [1.165, 1.54) is 11.1 Å². The van der Waals surface area contributed by atoms with Crippen LogP contribution in [0.25, 0.3) is 11.0 Å². The third-order valence-electron chi connectivity index (χ3n) is 8.57. The van der Waals surface area contributed by atoms with Gasteiger partial charge in [-0.1, -0.05) is 24.3 Å². The number of nitrogens with zero attached hydrogens (tertiary/aromatic N) is 4. The summed E-state index contributed by atoms with van der Waals surface area (Å²) < 4.78 is 6.06. The normalized spacial score (nSPS) is 19.3. The lowest BCUT2D eigenvalue weighted by Gasteiger charge is -2.42. The van der Waals surface area contributed by atoms with E-state index in [9.17, 15) is 14.7 Å². The van der Waals surface area contributed by atoms with Crippen molar-refractivity contribution >= 4 is 28.6 Å². The number of aromatic amines is 1. The molecule has 0 radical (unpaired) electrons. The fraction of sp³-hybridized carbons (Fsp3) is 0.344. The Hall–Kier alpha value is -4.37. The van der Waals surface area contributed by atoms with Crippen LogP contribution in [0.15, 0.2) is 67.0 Å². The number of anilines is 1. The molecule has 9 nitrogen and oxygen atoms in total. The molecule has 4 heterocycles. The van der Waals surface area contributed by atoms with Crippen LogP contribution >= 0.6 is 0 Å². The molecule has 7 rings (SSSR count). The number of fused-ring (bicyclic) bond motifs is 2. The molecule has 2 N–H and O–H groups in total. The fourth-order valence-corrected chi connectivity index (χ4v) is 6.13. The molecule has 0 unspecified atom stereocenters. The molecule has 2 fully saturated rings. The van der Waals surface area contributed by atoms with Crippen LogP contribution in [0.4, 0.5) is 5.69 Å². The molecule has 1 atom stereocenters. The Morgan fingerprint density at radius 2 is 1.80 bits per heavy atom. The lowest BCUT2D eigenvalue weighted by molar-refractivity contribution is -0.136. The third-order valence-corrected chi connectivity index (χ3v) is 8.57. The molecule has 2 aromatic heterocycles. The summed E-state index contributed by atoms with van der Waals surface area (Å²) in [6.45, 7) is 4.93. The van der Waals surface area contributed by atoms with E-state index in [1.54, 1.807) is 18.5 Å². The predicted molar refractivity (Wildman–Crippen MR) is 155 cm³/mol. The number of carboxylic acids is 1. The summed E-state index contributed by atoms with van der Waals surface area (Å²) >= 11 is 0. The van der Waals surface area contributed by atoms with Gasteiger partial charge in [-0.25, -0.2) is 9.78 Å². The van der Waals surface area contributed by atoms with Gasteiger partial charge in [0, 0.05) is 74.6 Å². The minimum atomic E-state index is -1.04. The highest BCUT2D eigenvalue weighted by Crippen LogP contribution is 2.35. The van der Waals surface area contributed by atoms with Gasteiger partial charge in [0.05, 0.1) is 6.20 Å². The molecule has 0 bridgehead atoms. The molecule has 4 aromatic rings. The first-order valence-electron chi connectivity index (χ1n) is 14.3. The van der Waals surface area contributed by atoms with Crippen LogP contribution in [0.1, 0.15) is 34.3 Å². The number of H-pyrrole nitrogens is 1. The van der Waals surface area contributed by atoms with Gasteiger partial charge in [-0.3, -0.25) is 9.69 Å². The standard InChI is InChI=1S/C32H33N5O4/c38-31(21-5-6-21)37-19-24-4-2-1-3-22(24)15-26(37)20-35-11-13-36(14-12-35)25-7-8-28(32(39)40)29(17-25)41-27-16-23-9-10-33-30(23)34-18-27/h1-4,7-10,16-18,21,26H,5-6,11-15,19-20H2,(H,33,34)(H,39,40)/t26-/m1/s1. The van der Waals surface area contributed by atoms with E-state index in [4.69, 9.17) is 4.74 Å². The number of rotatable bonds is 7. The molecule has 1 amide bonds. The molecular formula is C32H33N5O4. The summed E-state index contributed by atoms with van der Waals surface area (Å²) in [5, 5.41) is 10.7. The van der Waals surface area contributed by atoms with E-state index < -0.39 is 5.97 Å². The lowest BCUT2D eigenvalue weighted by atomic mass is 9.93. The van der Waals surface area contributed by atoms with Crippen LogP contribution in [0.5, 0.6) is 11.5 Å². The second-order valence-corrected chi connectivity index (χ2v) is 11.3. The Bertz CT molecular complexity index is 1600. The van der Waals surface area contributed by atoms with Gasteiger partial charge in [-0.15, -0.1) is 0 Å². The average Bonchev–Trinajstić information content (AvgIpc) is 3.74. The van der Waals surface area contributed by atoms with Gasteiger partial charge >= 0.3 is 5.97 Å². The first-order valence-corrected chi connectivity index (χ1v) is 14.3. The Kier molecular flexibility index (Phi) is 6.59. The summed E-state index contributed by atoms with van der Waals surface area (Å²) in [4.78, 5) is 39.4. The summed E-state index contributed by atoms with van der Waals surface area (Å²) in [5.41, 5.74) is 4.42. The van der Waals surface area contributed by atoms with Crippen LogP contribution in [0, 0.1) is 5.92 Å². The zero-order valence-electron chi connectivity index (χ0n) is 22.8. The van der Waals surface area contributed by atoms with E-state index in [-0.39, 0.29) is 17.5 Å². The number of ether oxygens (including phenoxy) is 1. The number of nitrogens with one attached hydrogen (secondary N) is 1. The van der Waals surface area contributed by atoms with Crippen LogP contribution in [-0.4, -0.2) is 75.5 Å². The van der Waals surface area contributed by atoms with E-state index in [2.05, 4.69) is 48.9 Å². The maximum absolute atomic E-state index is 13.2. The minimum Gasteiger partial charge on any atom is -0.478 e. The van der Waals surface area contributed by atoms with E-state index >= 15 is 0 Å². The number of aromatic nitrogens is 2. The number of benzene rings is 2. The highest BCUT2D eigenvalue weighted by Gasteiger charge is 2.39. The molecule has 41 heavy (non-hydrogen) atoms. The number of piperazine rings is 1. The second kappa shape index (κ2) is 10.6. The van der Waals surface area contributed by atoms with Crippen molar-refractivity contribution in [1.82, 2.24) is 19.8 Å². The smallest absolute Gasteiger partial charge is 0.339 e. The van der Waals surface area contributed by atoms with Crippen LogP contribution in [-0.2, 0) is 17.8 Å². The van der Waals surface area contributed by atoms with Gasteiger partial charge in [0.15, 0.2) is 0 Å². The molecule has 1 saturated heterocycles. The van der Waals surface area contributed by atoms with E-state index in [0.717, 1.165) is 68.7 Å². The Balaban J connectivity index is 1.04. The molecule has 1 aliphatic carbocycles. The number of hydrogen-bond donors (Lipinski definition) is 2. The number of carbonyl (C=O) groups excluding carboxylic acids is 1. The number of pyridine rings is 1. The number of amides is 1. The van der Waals surface area contributed by atoms with Crippen molar-refractivity contribution in [2.45, 2.75) is 31.8 Å². The maximum Gasteiger partial charge on any atom is 0.339 e. The van der Waals surface area contributed by atoms with Crippen molar-refractivity contribution in [2.75, 3.05) is 37.6 Å². The largest absolute Gasteiger partial charge is 0.478 e. The lowest BCUT2D eigenvalue weighted by Crippen LogP contribution is -2.54. The van der Waals surface area contributed by atoms with Crippen molar-refractivity contribution < 1.29 is 19.4 Å². The Morgan fingerprint density at radius 1 is 1.00 bits per heavy atom. The first kappa shape index (κ1) is 25.6. The van der Waals surface area contributed by atoms with Gasteiger partial charge in [0.25, 0.3) is 0 Å². The molecule has 0 spiro atoms. The summed E-state index contributed by atoms with van der Waals surface area (Å²) in [7, 11) is 0. The quantitative estimate of drug-likeness (QED) is 0.348. The maximum atomic E-state index is 13.2. The van der Waals surface area contributed by atoms with Crippen LogP contribution < -0.4 is 9.64 Å². The molecule has 2 aromatic carbocycles. The topological polar surface area (TPSA) is 102 Å². The van der Waals surface area contributed by atoms with Crippen LogP contribution in [0.3, 0.4) is 0 Å². The molecule has 1 saturated carbocycles. The first-order chi connectivity index (χ1) is 20.0. The number of aromatic carboxylic acids is 1. The Labute approximate surface area is 238 Å². The van der Waals surface area contributed by atoms with Crippen molar-refractivity contribution in [3.05, 3.63) is 83.7 Å². The van der Waals surface area contributed by atoms with E-state index in [0.29, 0.717) is 24.0 Å². The molecule has 2 aliphatic heterocycles. The summed E-state index contributed by atoms with van der Waals surface area (Å²) in [6, 6.07) is 17.7. The van der Waals surface area contributed by atoms with Crippen molar-refractivity contribution in [3.63, 3.8) is 0 Å². The summed E-state index contributed by atoms with van der Waals surface area (Å²) in [6.07, 6.45) is 6.34. The predicted octanol–water partition coefficient (Wildman–Crippen LogP) is 4.54. The number of hydrogen-bond acceptors (Lipinski definition) is 6. The van der Waals surface area contributed by atoms with E-state index in [1.807, 2.05) is 24.3 Å². The van der Waals surface area contributed by atoms with Crippen LogP contribution in [0.2, 0.25) is 0 Å². The number of carboxylic acid groups (broad SMARTS) is 1. The summed E-state index contributed by atoms with van der Waals surface area (Å²) in [5.74, 6) is 0.280. The zero-order chi connectivity index (χ0) is 27.9. The zero-order valence-corrected chi connectivity index (χ0v) is 22.8. The molecular weight excluding hydrogens is 518 g/mol. The highest BCUT2D eigenvalue weighted by atomic mass is 16.5. The third kappa shape index (κ3) is 5.25. The SMILES string of the molecule is O=C(O)c1ccc(N2CCN(C[C@H]3Cc4ccccc4CN3C(=O)C3CC3)CC2)cc1Oc1cnc2[nH]ccc2c1. The van der Waals surface area contributed by atoms with Crippen molar-refractivity contribution in [3.8, 4) is 11.5 Å². The minimum absolute atomic E-state index is 0.111. The van der Waals surface area contributed by atoms with Gasteiger partial charge in [0.2, 0.25) is 5.91 Å². The average molecular weight is 552 g/mol. The monoisotopic (exact) mass is 551 g/mol. The highest BCUT2D eigenvalue weighted by molar-refractivity contribution is 5.92. The molecule has 9 heteroatoms. The van der Waals surface area contributed by atoms with Crippen molar-refractivity contribution in [2.24, 2.45) is 5.92 Å². The fourth-order valence-electron chi connectivity index (χ4n) is 6.13. The second-order valence-electron chi connectivity index (χ2n) is 11.3. The van der Waals surface area contributed by atoms with Gasteiger partial charge < -0.3 is 24.6 Å². The molecule has 3 aliphatic rings. The number of carbonyl (C=O) groups is 2. The van der Waals surface area contributed by atoms with Crippen molar-refractivity contribution in [1.29, 1.82) is 0 Å². The Morgan fingerprint density at radius 3 is 2.59 bits per heavy atom. The molecule has 210 valence electrons. The van der Waals surface area contributed by atoms with Gasteiger partial charge in [-0.2, -0.15) is 0 Å². The van der Waals surface area contributed by atoms with Gasteiger partial charge in [0.1, 0.15) is 22.7 Å². The van der Waals surface area contributed by atoms with Gasteiger partial charge in [-0.05, 0) is 54.7 Å².